The fourth-order valence-electron chi connectivity index (χ4n) is 4.67. The summed E-state index contributed by atoms with van der Waals surface area (Å²) < 4.78 is 1.54. The lowest BCUT2D eigenvalue weighted by Crippen LogP contribution is -2.44. The van der Waals surface area contributed by atoms with Crippen molar-refractivity contribution in [3.63, 3.8) is 0 Å². The SMILES string of the molecule is CN1CCN(c2ccc(Nc3nc(N)n(-c4cc5c(nn4)-c4ccccc4CC5)n3)cc2)CC1. The fraction of sp³-hybridized carbons (Fsp3) is 0.280. The Kier molecular flexibility index (Phi) is 5.10. The van der Waals surface area contributed by atoms with E-state index in [1.54, 1.807) is 0 Å². The molecule has 1 aliphatic carbocycles. The number of hydrogen-bond acceptors (Lipinski definition) is 8. The maximum Gasteiger partial charge on any atom is 0.248 e. The van der Waals surface area contributed by atoms with Gasteiger partial charge < -0.3 is 20.9 Å². The summed E-state index contributed by atoms with van der Waals surface area (Å²) in [6, 6.07) is 18.7. The predicted molar refractivity (Wildman–Crippen MR) is 134 cm³/mol. The van der Waals surface area contributed by atoms with Gasteiger partial charge >= 0.3 is 0 Å². The molecule has 2 aromatic carbocycles. The molecule has 0 unspecified atom stereocenters. The Morgan fingerprint density at radius 2 is 1.65 bits per heavy atom. The predicted octanol–water partition coefficient (Wildman–Crippen LogP) is 2.90. The quantitative estimate of drug-likeness (QED) is 0.487. The summed E-state index contributed by atoms with van der Waals surface area (Å²) in [5, 5.41) is 16.7. The lowest BCUT2D eigenvalue weighted by molar-refractivity contribution is 0.313. The van der Waals surface area contributed by atoms with Gasteiger partial charge in [-0.2, -0.15) is 9.67 Å². The Morgan fingerprint density at radius 3 is 2.47 bits per heavy atom. The van der Waals surface area contributed by atoms with Crippen LogP contribution < -0.4 is 16.0 Å². The van der Waals surface area contributed by atoms with Crippen molar-refractivity contribution in [2.75, 3.05) is 49.2 Å². The highest BCUT2D eigenvalue weighted by Crippen LogP contribution is 2.32. The smallest absolute Gasteiger partial charge is 0.248 e. The minimum Gasteiger partial charge on any atom is -0.369 e. The van der Waals surface area contributed by atoms with Gasteiger partial charge in [-0.3, -0.25) is 0 Å². The van der Waals surface area contributed by atoms with E-state index in [2.05, 4.69) is 72.8 Å². The molecule has 2 aliphatic rings. The van der Waals surface area contributed by atoms with Crippen LogP contribution in [-0.4, -0.2) is 63.1 Å². The standard InChI is InChI=1S/C25H27N9/c1-32-12-14-33(15-13-32)20-10-8-19(9-11-20)27-25-28-24(26)34(31-25)22-16-18-7-6-17-4-2-3-5-21(17)23(18)30-29-22/h2-5,8-11,16H,6-7,12-15H2,1H3,(H3,26,27,28,31). The number of aromatic nitrogens is 5. The molecule has 4 aromatic rings. The highest BCUT2D eigenvalue weighted by molar-refractivity contribution is 5.69. The fourth-order valence-corrected chi connectivity index (χ4v) is 4.67. The van der Waals surface area contributed by atoms with Gasteiger partial charge in [0.25, 0.3) is 0 Å². The Balaban J connectivity index is 1.20. The summed E-state index contributed by atoms with van der Waals surface area (Å²) in [6.07, 6.45) is 1.90. The monoisotopic (exact) mass is 453 g/mol. The average Bonchev–Trinajstić information content (AvgIpc) is 3.24. The molecule has 1 aliphatic heterocycles. The van der Waals surface area contributed by atoms with E-state index in [1.165, 1.54) is 15.9 Å². The van der Waals surface area contributed by atoms with Crippen molar-refractivity contribution in [2.24, 2.45) is 0 Å². The summed E-state index contributed by atoms with van der Waals surface area (Å²) in [5.74, 6) is 1.26. The lowest BCUT2D eigenvalue weighted by Gasteiger charge is -2.34. The summed E-state index contributed by atoms with van der Waals surface area (Å²) in [7, 11) is 2.16. The van der Waals surface area contributed by atoms with Gasteiger partial charge in [-0.1, -0.05) is 24.3 Å². The molecule has 1 fully saturated rings. The molecule has 0 radical (unpaired) electrons. The largest absolute Gasteiger partial charge is 0.369 e. The zero-order valence-corrected chi connectivity index (χ0v) is 19.1. The topological polar surface area (TPSA) is 101 Å². The molecule has 9 nitrogen and oxygen atoms in total. The molecule has 3 N–H and O–H groups in total. The number of nitrogens with zero attached hydrogens (tertiary/aromatic N) is 7. The van der Waals surface area contributed by atoms with E-state index >= 15 is 0 Å². The average molecular weight is 454 g/mol. The number of benzene rings is 2. The number of anilines is 4. The molecule has 2 aromatic heterocycles. The Bertz CT molecular complexity index is 1320. The van der Waals surface area contributed by atoms with Crippen LogP contribution in [0.3, 0.4) is 0 Å². The molecule has 3 heterocycles. The van der Waals surface area contributed by atoms with Crippen molar-refractivity contribution in [2.45, 2.75) is 12.8 Å². The first-order valence-corrected chi connectivity index (χ1v) is 11.6. The van der Waals surface area contributed by atoms with Gasteiger partial charge in [0, 0.05) is 43.1 Å². The Morgan fingerprint density at radius 1 is 0.882 bits per heavy atom. The third kappa shape index (κ3) is 3.84. The first-order chi connectivity index (χ1) is 16.6. The molecule has 0 saturated carbocycles. The minimum absolute atomic E-state index is 0.266. The first kappa shape index (κ1) is 20.6. The summed E-state index contributed by atoms with van der Waals surface area (Å²) in [4.78, 5) is 9.14. The van der Waals surface area contributed by atoms with E-state index in [0.717, 1.165) is 61.5 Å². The number of nitrogens with two attached hydrogens (primary N) is 1. The Labute approximate surface area is 198 Å². The summed E-state index contributed by atoms with van der Waals surface area (Å²) in [5.41, 5.74) is 12.9. The molecule has 0 spiro atoms. The van der Waals surface area contributed by atoms with Crippen molar-refractivity contribution in [1.29, 1.82) is 0 Å². The third-order valence-corrected chi connectivity index (χ3v) is 6.64. The van der Waals surface area contributed by atoms with Crippen LogP contribution in [0.5, 0.6) is 0 Å². The van der Waals surface area contributed by atoms with Crippen LogP contribution in [0.4, 0.5) is 23.3 Å². The van der Waals surface area contributed by atoms with Crippen LogP contribution >= 0.6 is 0 Å². The van der Waals surface area contributed by atoms with Crippen molar-refractivity contribution < 1.29 is 0 Å². The van der Waals surface area contributed by atoms with Crippen LogP contribution in [0.25, 0.3) is 17.1 Å². The molecule has 0 amide bonds. The third-order valence-electron chi connectivity index (χ3n) is 6.64. The second kappa shape index (κ2) is 8.42. The van der Waals surface area contributed by atoms with Crippen LogP contribution in [0.1, 0.15) is 11.1 Å². The van der Waals surface area contributed by atoms with Crippen LogP contribution in [0.2, 0.25) is 0 Å². The number of piperazine rings is 1. The molecular weight excluding hydrogens is 426 g/mol. The molecule has 0 bridgehead atoms. The van der Waals surface area contributed by atoms with Gasteiger partial charge in [0.05, 0.1) is 5.69 Å². The first-order valence-electron chi connectivity index (χ1n) is 11.6. The van der Waals surface area contributed by atoms with E-state index in [4.69, 9.17) is 5.73 Å². The summed E-state index contributed by atoms with van der Waals surface area (Å²) in [6.45, 7) is 4.25. The molecule has 1 saturated heterocycles. The van der Waals surface area contributed by atoms with Crippen molar-refractivity contribution in [3.8, 4) is 17.1 Å². The van der Waals surface area contributed by atoms with Gasteiger partial charge in [-0.25, -0.2) is 0 Å². The Hall–Kier alpha value is -3.98. The van der Waals surface area contributed by atoms with E-state index in [1.807, 2.05) is 24.3 Å². The molecule has 34 heavy (non-hydrogen) atoms. The normalized spacial score (nSPS) is 15.6. The molecular formula is C25H27N9. The van der Waals surface area contributed by atoms with Crippen molar-refractivity contribution >= 4 is 23.3 Å². The highest BCUT2D eigenvalue weighted by Gasteiger charge is 2.20. The number of fused-ring (bicyclic) bond motifs is 3. The number of nitrogen functional groups attached to an aromatic ring is 1. The molecule has 6 rings (SSSR count). The second-order valence-electron chi connectivity index (χ2n) is 8.90. The maximum atomic E-state index is 6.18. The van der Waals surface area contributed by atoms with E-state index < -0.39 is 0 Å². The number of hydrogen-bond donors (Lipinski definition) is 2. The maximum absolute atomic E-state index is 6.18. The van der Waals surface area contributed by atoms with E-state index in [0.29, 0.717) is 11.8 Å². The van der Waals surface area contributed by atoms with Crippen LogP contribution in [0.15, 0.2) is 54.6 Å². The van der Waals surface area contributed by atoms with E-state index in [-0.39, 0.29) is 5.95 Å². The van der Waals surface area contributed by atoms with Gasteiger partial charge in [-0.15, -0.1) is 15.3 Å². The lowest BCUT2D eigenvalue weighted by atomic mass is 9.89. The van der Waals surface area contributed by atoms with Gasteiger partial charge in [0.1, 0.15) is 0 Å². The number of nitrogens with one attached hydrogen (secondary N) is 1. The summed E-state index contributed by atoms with van der Waals surface area (Å²) >= 11 is 0. The van der Waals surface area contributed by atoms with Gasteiger partial charge in [-0.05, 0) is 61.3 Å². The minimum atomic E-state index is 0.266. The zero-order valence-electron chi connectivity index (χ0n) is 19.1. The number of rotatable bonds is 4. The molecule has 9 heteroatoms. The van der Waals surface area contributed by atoms with Crippen molar-refractivity contribution in [1.82, 2.24) is 29.9 Å². The van der Waals surface area contributed by atoms with Crippen LogP contribution in [-0.2, 0) is 12.8 Å². The van der Waals surface area contributed by atoms with Crippen molar-refractivity contribution in [3.05, 3.63) is 65.7 Å². The second-order valence-corrected chi connectivity index (χ2v) is 8.90. The van der Waals surface area contributed by atoms with Gasteiger partial charge in [0.15, 0.2) is 5.82 Å². The van der Waals surface area contributed by atoms with E-state index in [9.17, 15) is 0 Å². The highest BCUT2D eigenvalue weighted by atomic mass is 15.4. The van der Waals surface area contributed by atoms with Crippen LogP contribution in [0, 0.1) is 0 Å². The van der Waals surface area contributed by atoms with Gasteiger partial charge in [0.2, 0.25) is 11.9 Å². The molecule has 172 valence electrons. The number of likely N-dealkylation sites (N-methyl/N-ethyl adjacent to an activating group) is 1. The number of aryl methyl sites for hydroxylation is 2. The zero-order chi connectivity index (χ0) is 23.1. The molecule has 0 atom stereocenters.